The van der Waals surface area contributed by atoms with Crippen molar-refractivity contribution >= 4 is 5.91 Å². The van der Waals surface area contributed by atoms with Crippen LogP contribution in [0.1, 0.15) is 37.1 Å². The summed E-state index contributed by atoms with van der Waals surface area (Å²) in [7, 11) is 1.64. The lowest BCUT2D eigenvalue weighted by atomic mass is 9.78. The van der Waals surface area contributed by atoms with Crippen molar-refractivity contribution in [2.24, 2.45) is 0 Å². The van der Waals surface area contributed by atoms with Crippen molar-refractivity contribution in [3.05, 3.63) is 60.1 Å². The molecule has 0 unspecified atom stereocenters. The Labute approximate surface area is 163 Å². The highest BCUT2D eigenvalue weighted by Crippen LogP contribution is 2.41. The van der Waals surface area contributed by atoms with Gasteiger partial charge in [-0.15, -0.1) is 0 Å². The number of nitrogens with one attached hydrogen (secondary N) is 1. The summed E-state index contributed by atoms with van der Waals surface area (Å²) in [5, 5.41) is 6.93. The first kappa shape index (κ1) is 18.2. The second kappa shape index (κ2) is 7.80. The number of benzene rings is 1. The van der Waals surface area contributed by atoms with E-state index < -0.39 is 5.41 Å². The second-order valence-corrected chi connectivity index (χ2v) is 6.93. The molecule has 1 aliphatic carbocycles. The largest absolute Gasteiger partial charge is 0.497 e. The summed E-state index contributed by atoms with van der Waals surface area (Å²) in [5.74, 6) is 1.55. The lowest BCUT2D eigenvalue weighted by Crippen LogP contribution is -2.42. The number of amides is 1. The van der Waals surface area contributed by atoms with Gasteiger partial charge in [-0.1, -0.05) is 36.2 Å². The molecule has 1 N–H and O–H groups in total. The first-order valence-electron chi connectivity index (χ1n) is 9.38. The Hall–Kier alpha value is -3.22. The predicted molar refractivity (Wildman–Crippen MR) is 103 cm³/mol. The molecule has 4 rings (SSSR count). The maximum Gasteiger partial charge on any atom is 0.246 e. The third-order valence-electron chi connectivity index (χ3n) is 5.30. The molecule has 28 heavy (non-hydrogen) atoms. The van der Waals surface area contributed by atoms with Gasteiger partial charge in [-0.25, -0.2) is 0 Å². The van der Waals surface area contributed by atoms with Gasteiger partial charge in [0, 0.05) is 6.20 Å². The van der Waals surface area contributed by atoms with E-state index in [1.165, 1.54) is 0 Å². The number of pyridine rings is 1. The number of carbonyl (C=O) groups excluding carboxylic acids is 1. The van der Waals surface area contributed by atoms with Gasteiger partial charge in [-0.05, 0) is 42.7 Å². The number of ether oxygens (including phenoxy) is 1. The summed E-state index contributed by atoms with van der Waals surface area (Å²) in [6.45, 7) is 0.191. The topological polar surface area (TPSA) is 90.1 Å². The Kier molecular flexibility index (Phi) is 5.06. The molecule has 2 aromatic heterocycles. The first-order chi connectivity index (χ1) is 13.7. The monoisotopic (exact) mass is 378 g/mol. The maximum atomic E-state index is 13.1. The van der Waals surface area contributed by atoms with Crippen LogP contribution >= 0.6 is 0 Å². The van der Waals surface area contributed by atoms with E-state index in [1.807, 2.05) is 42.5 Å². The Bertz CT molecular complexity index is 932. The number of hydrogen-bond donors (Lipinski definition) is 1. The molecule has 1 saturated carbocycles. The minimum absolute atomic E-state index is 0.00671. The van der Waals surface area contributed by atoms with Crippen LogP contribution in [0.15, 0.2) is 53.2 Å². The van der Waals surface area contributed by atoms with E-state index in [-0.39, 0.29) is 12.5 Å². The smallest absolute Gasteiger partial charge is 0.246 e. The van der Waals surface area contributed by atoms with Crippen LogP contribution in [0.5, 0.6) is 5.75 Å². The normalized spacial score (nSPS) is 15.3. The molecule has 3 aromatic rings. The molecule has 0 spiro atoms. The Morgan fingerprint density at radius 3 is 2.64 bits per heavy atom. The van der Waals surface area contributed by atoms with Gasteiger partial charge in [-0.3, -0.25) is 9.78 Å². The number of aromatic nitrogens is 3. The second-order valence-electron chi connectivity index (χ2n) is 6.93. The summed E-state index contributed by atoms with van der Waals surface area (Å²) in [5.41, 5.74) is 1.13. The van der Waals surface area contributed by atoms with Crippen molar-refractivity contribution < 1.29 is 14.1 Å². The Morgan fingerprint density at radius 1 is 1.18 bits per heavy atom. The van der Waals surface area contributed by atoms with E-state index in [2.05, 4.69) is 20.4 Å². The first-order valence-corrected chi connectivity index (χ1v) is 9.38. The highest BCUT2D eigenvalue weighted by molar-refractivity contribution is 5.88. The van der Waals surface area contributed by atoms with Crippen molar-refractivity contribution in [1.29, 1.82) is 0 Å². The van der Waals surface area contributed by atoms with Crippen LogP contribution in [0.2, 0.25) is 0 Å². The van der Waals surface area contributed by atoms with Gasteiger partial charge < -0.3 is 14.6 Å². The minimum Gasteiger partial charge on any atom is -0.497 e. The van der Waals surface area contributed by atoms with Crippen LogP contribution in [0.4, 0.5) is 0 Å². The molecule has 0 bridgehead atoms. The van der Waals surface area contributed by atoms with Crippen molar-refractivity contribution in [2.45, 2.75) is 37.6 Å². The molecule has 2 heterocycles. The van der Waals surface area contributed by atoms with Gasteiger partial charge in [-0.2, -0.15) is 4.98 Å². The molecule has 144 valence electrons. The summed E-state index contributed by atoms with van der Waals surface area (Å²) < 4.78 is 10.5. The lowest BCUT2D eigenvalue weighted by Gasteiger charge is -2.28. The standard InChI is InChI=1S/C21H22N4O3/c1-27-16-9-7-15(8-10-16)21(11-3-4-12-21)20(26)23-14-18-24-19(25-28-18)17-6-2-5-13-22-17/h2,5-10,13H,3-4,11-12,14H2,1H3,(H,23,26). The maximum absolute atomic E-state index is 13.1. The molecule has 0 aliphatic heterocycles. The van der Waals surface area contributed by atoms with Crippen LogP contribution in [0.25, 0.3) is 11.5 Å². The Balaban J connectivity index is 1.47. The zero-order valence-electron chi connectivity index (χ0n) is 15.7. The molecule has 0 saturated heterocycles. The molecule has 7 heteroatoms. The molecule has 0 atom stereocenters. The van der Waals surface area contributed by atoms with Crippen molar-refractivity contribution in [1.82, 2.24) is 20.4 Å². The van der Waals surface area contributed by atoms with Crippen LogP contribution in [-0.4, -0.2) is 28.1 Å². The average Bonchev–Trinajstić information content (AvgIpc) is 3.43. The minimum atomic E-state index is -0.518. The lowest BCUT2D eigenvalue weighted by molar-refractivity contribution is -0.127. The van der Waals surface area contributed by atoms with Gasteiger partial charge in [0.15, 0.2) is 0 Å². The van der Waals surface area contributed by atoms with E-state index in [0.29, 0.717) is 17.4 Å². The van der Waals surface area contributed by atoms with Gasteiger partial charge in [0.2, 0.25) is 17.6 Å². The number of carbonyl (C=O) groups is 1. The predicted octanol–water partition coefficient (Wildman–Crippen LogP) is 3.27. The van der Waals surface area contributed by atoms with Crippen LogP contribution < -0.4 is 10.1 Å². The molecule has 0 radical (unpaired) electrons. The zero-order chi connectivity index (χ0) is 19.4. The average molecular weight is 378 g/mol. The molecule has 1 aliphatic rings. The van der Waals surface area contributed by atoms with Crippen molar-refractivity contribution in [3.63, 3.8) is 0 Å². The fourth-order valence-electron chi connectivity index (χ4n) is 3.79. The molecule has 7 nitrogen and oxygen atoms in total. The van der Waals surface area contributed by atoms with Crippen LogP contribution in [-0.2, 0) is 16.8 Å². The number of rotatable bonds is 6. The summed E-state index contributed by atoms with van der Waals surface area (Å²) in [6, 6.07) is 13.3. The van der Waals surface area contributed by atoms with E-state index in [4.69, 9.17) is 9.26 Å². The molecule has 1 fully saturated rings. The summed E-state index contributed by atoms with van der Waals surface area (Å²) in [4.78, 5) is 21.7. The number of methoxy groups -OCH3 is 1. The van der Waals surface area contributed by atoms with E-state index in [0.717, 1.165) is 37.0 Å². The van der Waals surface area contributed by atoms with E-state index in [1.54, 1.807) is 13.3 Å². The number of nitrogens with zero attached hydrogens (tertiary/aromatic N) is 3. The quantitative estimate of drug-likeness (QED) is 0.708. The molecular formula is C21H22N4O3. The van der Waals surface area contributed by atoms with Gasteiger partial charge >= 0.3 is 0 Å². The fourth-order valence-corrected chi connectivity index (χ4v) is 3.79. The zero-order valence-corrected chi connectivity index (χ0v) is 15.7. The van der Waals surface area contributed by atoms with Crippen LogP contribution in [0, 0.1) is 0 Å². The highest BCUT2D eigenvalue weighted by atomic mass is 16.5. The fraction of sp³-hybridized carbons (Fsp3) is 0.333. The third kappa shape index (κ3) is 3.47. The van der Waals surface area contributed by atoms with Gasteiger partial charge in [0.05, 0.1) is 19.1 Å². The Morgan fingerprint density at radius 2 is 1.96 bits per heavy atom. The van der Waals surface area contributed by atoms with Crippen molar-refractivity contribution in [3.8, 4) is 17.3 Å². The molecule has 1 aromatic carbocycles. The highest BCUT2D eigenvalue weighted by Gasteiger charge is 2.42. The number of hydrogen-bond acceptors (Lipinski definition) is 6. The van der Waals surface area contributed by atoms with E-state index in [9.17, 15) is 4.79 Å². The van der Waals surface area contributed by atoms with E-state index >= 15 is 0 Å². The SMILES string of the molecule is COc1ccc(C2(C(=O)NCc3nc(-c4ccccn4)no3)CCCC2)cc1. The molecule has 1 amide bonds. The third-order valence-corrected chi connectivity index (χ3v) is 5.30. The summed E-state index contributed by atoms with van der Waals surface area (Å²) in [6.07, 6.45) is 5.39. The van der Waals surface area contributed by atoms with Crippen molar-refractivity contribution in [2.75, 3.05) is 7.11 Å². The summed E-state index contributed by atoms with van der Waals surface area (Å²) >= 11 is 0. The van der Waals surface area contributed by atoms with Gasteiger partial charge in [0.25, 0.3) is 0 Å². The van der Waals surface area contributed by atoms with Crippen LogP contribution in [0.3, 0.4) is 0 Å². The van der Waals surface area contributed by atoms with Gasteiger partial charge in [0.1, 0.15) is 11.4 Å². The molecular weight excluding hydrogens is 356 g/mol.